The van der Waals surface area contributed by atoms with Crippen LogP contribution < -0.4 is 0 Å². The fourth-order valence-corrected chi connectivity index (χ4v) is 1.63. The third-order valence-electron chi connectivity index (χ3n) is 2.77. The molecule has 0 N–H and O–H groups in total. The van der Waals surface area contributed by atoms with E-state index < -0.39 is 0 Å². The molecule has 1 nitrogen and oxygen atoms in total. The van der Waals surface area contributed by atoms with E-state index >= 15 is 0 Å². The third kappa shape index (κ3) is 2.36. The predicted molar refractivity (Wildman–Crippen MR) is 56.0 cm³/mol. The van der Waals surface area contributed by atoms with Gasteiger partial charge in [0.1, 0.15) is 5.76 Å². The quantitative estimate of drug-likeness (QED) is 0.688. The molecule has 1 unspecified atom stereocenters. The van der Waals surface area contributed by atoms with Gasteiger partial charge >= 0.3 is 0 Å². The van der Waals surface area contributed by atoms with E-state index in [1.807, 2.05) is 6.26 Å². The highest BCUT2D eigenvalue weighted by Gasteiger charge is 2.11. The van der Waals surface area contributed by atoms with Gasteiger partial charge in [0.2, 0.25) is 0 Å². The van der Waals surface area contributed by atoms with Crippen molar-refractivity contribution in [2.45, 2.75) is 47.0 Å². The molecule has 0 spiro atoms. The van der Waals surface area contributed by atoms with E-state index in [0.717, 1.165) is 18.8 Å². The highest BCUT2D eigenvalue weighted by Crippen LogP contribution is 2.21. The third-order valence-corrected chi connectivity index (χ3v) is 2.77. The zero-order valence-electron chi connectivity index (χ0n) is 9.18. The summed E-state index contributed by atoms with van der Waals surface area (Å²) >= 11 is 0. The number of hydrogen-bond acceptors (Lipinski definition) is 1. The molecule has 0 aromatic carbocycles. The van der Waals surface area contributed by atoms with Gasteiger partial charge in [0.25, 0.3) is 0 Å². The average Bonchev–Trinajstić information content (AvgIpc) is 2.46. The van der Waals surface area contributed by atoms with E-state index in [2.05, 4.69) is 27.7 Å². The summed E-state index contributed by atoms with van der Waals surface area (Å²) in [5.74, 6) is 1.94. The monoisotopic (exact) mass is 180 g/mol. The van der Waals surface area contributed by atoms with Crippen molar-refractivity contribution in [1.29, 1.82) is 0 Å². The molecule has 0 saturated carbocycles. The summed E-state index contributed by atoms with van der Waals surface area (Å²) in [7, 11) is 0. The van der Waals surface area contributed by atoms with Crippen molar-refractivity contribution in [3.8, 4) is 0 Å². The number of furan rings is 1. The molecule has 1 aromatic heterocycles. The Labute approximate surface area is 81.1 Å². The van der Waals surface area contributed by atoms with E-state index in [9.17, 15) is 0 Å². The van der Waals surface area contributed by atoms with Crippen LogP contribution in [0.1, 0.15) is 44.1 Å². The molecule has 0 radical (unpaired) electrons. The molecule has 0 aliphatic rings. The first-order chi connectivity index (χ1) is 6.19. The van der Waals surface area contributed by atoms with Crippen LogP contribution in [-0.4, -0.2) is 0 Å². The summed E-state index contributed by atoms with van der Waals surface area (Å²) in [6, 6.07) is 0. The Morgan fingerprint density at radius 2 is 2.08 bits per heavy atom. The number of aryl methyl sites for hydroxylation is 1. The Morgan fingerprint density at radius 1 is 1.38 bits per heavy atom. The van der Waals surface area contributed by atoms with Crippen LogP contribution in [0.5, 0.6) is 0 Å². The largest absolute Gasteiger partial charge is 0.469 e. The van der Waals surface area contributed by atoms with Crippen LogP contribution in [-0.2, 0) is 12.8 Å². The van der Waals surface area contributed by atoms with Gasteiger partial charge < -0.3 is 4.42 Å². The zero-order chi connectivity index (χ0) is 9.84. The molecule has 0 aliphatic heterocycles. The minimum Gasteiger partial charge on any atom is -0.469 e. The molecule has 0 bridgehead atoms. The van der Waals surface area contributed by atoms with Crippen LogP contribution in [0.2, 0.25) is 0 Å². The number of hydrogen-bond donors (Lipinski definition) is 0. The molecule has 74 valence electrons. The summed E-state index contributed by atoms with van der Waals surface area (Å²) in [4.78, 5) is 0. The summed E-state index contributed by atoms with van der Waals surface area (Å²) in [6.07, 6.45) is 5.29. The molecule has 0 amide bonds. The highest BCUT2D eigenvalue weighted by atomic mass is 16.3. The smallest absolute Gasteiger partial charge is 0.107 e. The maximum absolute atomic E-state index is 5.56. The van der Waals surface area contributed by atoms with E-state index in [4.69, 9.17) is 4.42 Å². The topological polar surface area (TPSA) is 13.1 Å². The Kier molecular flexibility index (Phi) is 3.58. The molecule has 0 fully saturated rings. The molecular weight excluding hydrogens is 160 g/mol. The van der Waals surface area contributed by atoms with Crippen LogP contribution in [0.25, 0.3) is 0 Å². The van der Waals surface area contributed by atoms with Crippen molar-refractivity contribution in [2.24, 2.45) is 5.92 Å². The van der Waals surface area contributed by atoms with Gasteiger partial charge in [0.05, 0.1) is 6.26 Å². The second kappa shape index (κ2) is 4.50. The Morgan fingerprint density at radius 3 is 2.62 bits per heavy atom. The second-order valence-corrected chi connectivity index (χ2v) is 3.89. The van der Waals surface area contributed by atoms with Crippen LogP contribution >= 0.6 is 0 Å². The lowest BCUT2D eigenvalue weighted by molar-refractivity contribution is 0.446. The maximum atomic E-state index is 5.56. The number of rotatable bonds is 4. The van der Waals surface area contributed by atoms with E-state index in [-0.39, 0.29) is 0 Å². The fraction of sp³-hybridized carbons (Fsp3) is 0.667. The van der Waals surface area contributed by atoms with Crippen molar-refractivity contribution < 1.29 is 4.42 Å². The average molecular weight is 180 g/mol. The van der Waals surface area contributed by atoms with Crippen molar-refractivity contribution in [2.75, 3.05) is 0 Å². The SMILES string of the molecule is CCc1c(C)coc1CC(C)CC. The Hall–Kier alpha value is -0.720. The van der Waals surface area contributed by atoms with Gasteiger partial charge in [-0.2, -0.15) is 0 Å². The zero-order valence-corrected chi connectivity index (χ0v) is 9.18. The lowest BCUT2D eigenvalue weighted by Crippen LogP contribution is -1.99. The van der Waals surface area contributed by atoms with Crippen molar-refractivity contribution in [1.82, 2.24) is 0 Å². The van der Waals surface area contributed by atoms with Crippen molar-refractivity contribution >= 4 is 0 Å². The first-order valence-corrected chi connectivity index (χ1v) is 5.24. The summed E-state index contributed by atoms with van der Waals surface area (Å²) in [5, 5.41) is 0. The van der Waals surface area contributed by atoms with Crippen molar-refractivity contribution in [3.05, 3.63) is 23.2 Å². The van der Waals surface area contributed by atoms with Crippen LogP contribution in [0.15, 0.2) is 10.7 Å². The van der Waals surface area contributed by atoms with Gasteiger partial charge in [-0.05, 0) is 30.4 Å². The molecule has 1 heterocycles. The van der Waals surface area contributed by atoms with Gasteiger partial charge in [-0.3, -0.25) is 0 Å². The molecule has 0 aliphatic carbocycles. The standard InChI is InChI=1S/C12H20O/c1-5-9(3)7-12-11(6-2)10(4)8-13-12/h8-9H,5-7H2,1-4H3. The predicted octanol–water partition coefficient (Wildman–Crippen LogP) is 3.74. The van der Waals surface area contributed by atoms with Crippen LogP contribution in [0, 0.1) is 12.8 Å². The normalized spacial score (nSPS) is 13.2. The summed E-state index contributed by atoms with van der Waals surface area (Å²) < 4.78 is 5.56. The molecule has 0 saturated heterocycles. The minimum absolute atomic E-state index is 0.732. The first-order valence-electron chi connectivity index (χ1n) is 5.24. The van der Waals surface area contributed by atoms with Gasteiger partial charge in [0.15, 0.2) is 0 Å². The molecule has 1 rings (SSSR count). The van der Waals surface area contributed by atoms with Gasteiger partial charge in [0, 0.05) is 6.42 Å². The fourth-order valence-electron chi connectivity index (χ4n) is 1.63. The van der Waals surface area contributed by atoms with Gasteiger partial charge in [-0.1, -0.05) is 27.2 Å². The van der Waals surface area contributed by atoms with E-state index in [1.54, 1.807) is 0 Å². The minimum atomic E-state index is 0.732. The van der Waals surface area contributed by atoms with E-state index in [0.29, 0.717) is 0 Å². The second-order valence-electron chi connectivity index (χ2n) is 3.89. The molecule has 1 atom stereocenters. The summed E-state index contributed by atoms with van der Waals surface area (Å²) in [6.45, 7) is 8.82. The lowest BCUT2D eigenvalue weighted by Gasteiger charge is -2.07. The van der Waals surface area contributed by atoms with Crippen LogP contribution in [0.4, 0.5) is 0 Å². The van der Waals surface area contributed by atoms with E-state index in [1.165, 1.54) is 23.3 Å². The Bertz CT molecular complexity index is 260. The van der Waals surface area contributed by atoms with Gasteiger partial charge in [-0.25, -0.2) is 0 Å². The first kappa shape index (κ1) is 10.4. The maximum Gasteiger partial charge on any atom is 0.107 e. The lowest BCUT2D eigenvalue weighted by atomic mass is 9.99. The van der Waals surface area contributed by atoms with Crippen molar-refractivity contribution in [3.63, 3.8) is 0 Å². The Balaban J connectivity index is 2.76. The van der Waals surface area contributed by atoms with Crippen LogP contribution in [0.3, 0.4) is 0 Å². The molecule has 1 aromatic rings. The highest BCUT2D eigenvalue weighted by molar-refractivity contribution is 5.26. The molecule has 1 heteroatoms. The molecular formula is C12H20O. The molecule has 13 heavy (non-hydrogen) atoms. The van der Waals surface area contributed by atoms with Gasteiger partial charge in [-0.15, -0.1) is 0 Å². The summed E-state index contributed by atoms with van der Waals surface area (Å²) in [5.41, 5.74) is 2.72.